The van der Waals surface area contributed by atoms with Crippen LogP contribution in [0.5, 0.6) is 0 Å². The molecule has 0 radical (unpaired) electrons. The van der Waals surface area contributed by atoms with Crippen LogP contribution in [-0.2, 0) is 4.74 Å². The quantitative estimate of drug-likeness (QED) is 0.887. The monoisotopic (exact) mass is 265 g/mol. The van der Waals surface area contributed by atoms with Crippen molar-refractivity contribution in [3.63, 3.8) is 0 Å². The molecular weight excluding hydrogens is 238 g/mol. The SMILES string of the molecule is COCC(C)Nc1nccn1C1CCCC(C)C1C. The summed E-state index contributed by atoms with van der Waals surface area (Å²) in [4.78, 5) is 4.47. The van der Waals surface area contributed by atoms with E-state index >= 15 is 0 Å². The van der Waals surface area contributed by atoms with Crippen molar-refractivity contribution in [1.29, 1.82) is 0 Å². The van der Waals surface area contributed by atoms with Crippen LogP contribution in [0.25, 0.3) is 0 Å². The molecule has 4 heteroatoms. The molecule has 0 amide bonds. The molecule has 0 saturated heterocycles. The Hall–Kier alpha value is -1.03. The molecule has 108 valence electrons. The van der Waals surface area contributed by atoms with E-state index in [1.807, 2.05) is 6.20 Å². The largest absolute Gasteiger partial charge is 0.383 e. The third-order valence-corrected chi connectivity index (χ3v) is 4.48. The maximum atomic E-state index is 5.18. The van der Waals surface area contributed by atoms with E-state index in [2.05, 4.69) is 41.8 Å². The number of methoxy groups -OCH3 is 1. The van der Waals surface area contributed by atoms with Crippen molar-refractivity contribution in [3.8, 4) is 0 Å². The normalized spacial score (nSPS) is 29.2. The van der Waals surface area contributed by atoms with Crippen molar-refractivity contribution in [2.24, 2.45) is 11.8 Å². The van der Waals surface area contributed by atoms with Gasteiger partial charge in [0, 0.05) is 31.6 Å². The second-order valence-electron chi connectivity index (χ2n) is 5.99. The van der Waals surface area contributed by atoms with Crippen molar-refractivity contribution >= 4 is 5.95 Å². The third-order valence-electron chi connectivity index (χ3n) is 4.48. The minimum Gasteiger partial charge on any atom is -0.383 e. The molecule has 19 heavy (non-hydrogen) atoms. The molecule has 0 bridgehead atoms. The second kappa shape index (κ2) is 6.42. The third kappa shape index (κ3) is 3.30. The van der Waals surface area contributed by atoms with E-state index in [0.717, 1.165) is 11.9 Å². The lowest BCUT2D eigenvalue weighted by Gasteiger charge is -2.35. The molecular formula is C15H27N3O. The number of rotatable bonds is 5. The highest BCUT2D eigenvalue weighted by Gasteiger charge is 2.29. The summed E-state index contributed by atoms with van der Waals surface area (Å²) in [5.41, 5.74) is 0. The number of hydrogen-bond acceptors (Lipinski definition) is 3. The van der Waals surface area contributed by atoms with Crippen LogP contribution in [0.2, 0.25) is 0 Å². The van der Waals surface area contributed by atoms with Crippen molar-refractivity contribution in [1.82, 2.24) is 9.55 Å². The highest BCUT2D eigenvalue weighted by atomic mass is 16.5. The average molecular weight is 265 g/mol. The van der Waals surface area contributed by atoms with Crippen molar-refractivity contribution < 1.29 is 4.74 Å². The summed E-state index contributed by atoms with van der Waals surface area (Å²) in [5.74, 6) is 2.49. The Morgan fingerprint density at radius 3 is 3.00 bits per heavy atom. The minimum absolute atomic E-state index is 0.280. The number of hydrogen-bond donors (Lipinski definition) is 1. The van der Waals surface area contributed by atoms with E-state index in [9.17, 15) is 0 Å². The number of imidazole rings is 1. The summed E-state index contributed by atoms with van der Waals surface area (Å²) in [5, 5.41) is 3.45. The van der Waals surface area contributed by atoms with E-state index in [1.165, 1.54) is 19.3 Å². The van der Waals surface area contributed by atoms with Gasteiger partial charge in [-0.25, -0.2) is 4.98 Å². The van der Waals surface area contributed by atoms with E-state index in [4.69, 9.17) is 4.74 Å². The Labute approximate surface area is 116 Å². The van der Waals surface area contributed by atoms with E-state index < -0.39 is 0 Å². The number of nitrogens with zero attached hydrogens (tertiary/aromatic N) is 2. The van der Waals surface area contributed by atoms with Crippen molar-refractivity contribution in [3.05, 3.63) is 12.4 Å². The van der Waals surface area contributed by atoms with Gasteiger partial charge in [0.15, 0.2) is 0 Å². The van der Waals surface area contributed by atoms with Gasteiger partial charge in [-0.15, -0.1) is 0 Å². The highest BCUT2D eigenvalue weighted by molar-refractivity contribution is 5.28. The summed E-state index contributed by atoms with van der Waals surface area (Å²) in [7, 11) is 1.73. The summed E-state index contributed by atoms with van der Waals surface area (Å²) in [6.07, 6.45) is 7.95. The Morgan fingerprint density at radius 2 is 2.26 bits per heavy atom. The van der Waals surface area contributed by atoms with Crippen LogP contribution in [-0.4, -0.2) is 29.3 Å². The summed E-state index contributed by atoms with van der Waals surface area (Å²) in [6, 6.07) is 0.853. The van der Waals surface area contributed by atoms with Gasteiger partial charge in [0.1, 0.15) is 0 Å². The van der Waals surface area contributed by atoms with Gasteiger partial charge < -0.3 is 14.6 Å². The molecule has 1 aromatic heterocycles. The van der Waals surface area contributed by atoms with Crippen molar-refractivity contribution in [2.75, 3.05) is 19.0 Å². The van der Waals surface area contributed by atoms with Crippen LogP contribution in [0.4, 0.5) is 5.95 Å². The summed E-state index contributed by atoms with van der Waals surface area (Å²) < 4.78 is 7.50. The maximum Gasteiger partial charge on any atom is 0.203 e. The lowest BCUT2D eigenvalue weighted by Crippen LogP contribution is -2.29. The molecule has 0 aliphatic heterocycles. The van der Waals surface area contributed by atoms with Crippen LogP contribution >= 0.6 is 0 Å². The Morgan fingerprint density at radius 1 is 1.47 bits per heavy atom. The van der Waals surface area contributed by atoms with Gasteiger partial charge in [0.05, 0.1) is 6.61 Å². The molecule has 4 atom stereocenters. The summed E-state index contributed by atoms with van der Waals surface area (Å²) >= 11 is 0. The fourth-order valence-corrected chi connectivity index (χ4v) is 3.15. The Kier molecular flexibility index (Phi) is 4.86. The molecule has 1 saturated carbocycles. The standard InChI is InChI=1S/C15H27N3O/c1-11-6-5-7-14(13(11)3)18-9-8-16-15(18)17-12(2)10-19-4/h8-9,11-14H,5-7,10H2,1-4H3,(H,16,17). The average Bonchev–Trinajstić information content (AvgIpc) is 2.81. The van der Waals surface area contributed by atoms with Gasteiger partial charge in [0.25, 0.3) is 0 Å². The number of aromatic nitrogens is 2. The smallest absolute Gasteiger partial charge is 0.203 e. The Balaban J connectivity index is 2.10. The van der Waals surface area contributed by atoms with Gasteiger partial charge >= 0.3 is 0 Å². The molecule has 1 aliphatic rings. The fourth-order valence-electron chi connectivity index (χ4n) is 3.15. The first-order valence-corrected chi connectivity index (χ1v) is 7.41. The first-order chi connectivity index (χ1) is 9.13. The lowest BCUT2D eigenvalue weighted by molar-refractivity contribution is 0.183. The molecule has 1 aliphatic carbocycles. The lowest BCUT2D eigenvalue weighted by atomic mass is 9.78. The first kappa shape index (κ1) is 14.4. The van der Waals surface area contributed by atoms with E-state index in [0.29, 0.717) is 18.6 Å². The van der Waals surface area contributed by atoms with Crippen LogP contribution in [0, 0.1) is 11.8 Å². The highest BCUT2D eigenvalue weighted by Crippen LogP contribution is 2.38. The van der Waals surface area contributed by atoms with Gasteiger partial charge in [-0.05, 0) is 25.2 Å². The number of ether oxygens (including phenoxy) is 1. The van der Waals surface area contributed by atoms with Crippen LogP contribution < -0.4 is 5.32 Å². The minimum atomic E-state index is 0.280. The van der Waals surface area contributed by atoms with E-state index in [1.54, 1.807) is 7.11 Å². The van der Waals surface area contributed by atoms with Crippen LogP contribution in [0.3, 0.4) is 0 Å². The second-order valence-corrected chi connectivity index (χ2v) is 5.99. The van der Waals surface area contributed by atoms with Crippen molar-refractivity contribution in [2.45, 2.75) is 52.1 Å². The molecule has 2 rings (SSSR count). The predicted octanol–water partition coefficient (Wildman–Crippen LogP) is 3.33. The maximum absolute atomic E-state index is 5.18. The molecule has 1 heterocycles. The van der Waals surface area contributed by atoms with Crippen LogP contribution in [0.1, 0.15) is 46.1 Å². The fraction of sp³-hybridized carbons (Fsp3) is 0.800. The van der Waals surface area contributed by atoms with E-state index in [-0.39, 0.29) is 6.04 Å². The predicted molar refractivity (Wildman–Crippen MR) is 78.4 cm³/mol. The zero-order valence-corrected chi connectivity index (χ0v) is 12.6. The number of anilines is 1. The molecule has 1 aromatic rings. The van der Waals surface area contributed by atoms with Gasteiger partial charge in [-0.1, -0.05) is 26.7 Å². The van der Waals surface area contributed by atoms with Gasteiger partial charge in [0.2, 0.25) is 5.95 Å². The molecule has 4 nitrogen and oxygen atoms in total. The Bertz CT molecular complexity index is 390. The van der Waals surface area contributed by atoms with Gasteiger partial charge in [-0.2, -0.15) is 0 Å². The first-order valence-electron chi connectivity index (χ1n) is 7.41. The zero-order chi connectivity index (χ0) is 13.8. The van der Waals surface area contributed by atoms with Gasteiger partial charge in [-0.3, -0.25) is 0 Å². The molecule has 1 fully saturated rings. The molecule has 0 spiro atoms. The molecule has 0 aromatic carbocycles. The molecule has 4 unspecified atom stereocenters. The van der Waals surface area contributed by atoms with Crippen LogP contribution in [0.15, 0.2) is 12.4 Å². The summed E-state index contributed by atoms with van der Waals surface area (Å²) in [6.45, 7) is 7.56. The topological polar surface area (TPSA) is 39.1 Å². The zero-order valence-electron chi connectivity index (χ0n) is 12.6. The number of nitrogens with one attached hydrogen (secondary N) is 1. The molecule has 1 N–H and O–H groups in total.